The maximum absolute atomic E-state index is 12.9. The van der Waals surface area contributed by atoms with E-state index in [0.717, 1.165) is 44.9 Å². The first-order valence-corrected chi connectivity index (χ1v) is 31.2. The van der Waals surface area contributed by atoms with Crippen LogP contribution in [0.1, 0.15) is 329 Å². The van der Waals surface area contributed by atoms with Gasteiger partial charge < -0.3 is 14.2 Å². The van der Waals surface area contributed by atoms with Crippen molar-refractivity contribution in [2.75, 3.05) is 19.8 Å². The standard InChI is InChI=1S/C65H120O5/c1-4-7-10-13-16-19-22-25-28-31-33-35-37-40-43-46-49-52-55-58-64(66)69-62-63(61-68-60-57-54-51-48-45-42-39-30-27-24-21-18-15-12-9-6-3)70-65(67)59-56-53-50-47-44-41-38-36-34-32-29-26-23-20-17-14-11-8-5-2/h16-17,19-20,25-26,28-29,63H,4-15,18,21-24,27,30-62H2,1-3H3/b19-16-,20-17-,28-25-,29-26-. The van der Waals surface area contributed by atoms with Crippen molar-refractivity contribution in [3.63, 3.8) is 0 Å². The number of carbonyl (C=O) groups is 2. The number of unbranched alkanes of at least 4 members (excludes halogenated alkanes) is 39. The SMILES string of the molecule is CCCCC/C=C\C/C=C\CCCCCCCCCCCC(=O)OCC(COCCCCCCCCCCCCCCCCCC)OC(=O)CCCCCCCCCCC/C=C\C/C=C\CCCCC. The van der Waals surface area contributed by atoms with E-state index in [0.29, 0.717) is 19.4 Å². The Labute approximate surface area is 437 Å². The van der Waals surface area contributed by atoms with Gasteiger partial charge in [0, 0.05) is 19.4 Å². The number of hydrogen-bond donors (Lipinski definition) is 0. The molecule has 0 aliphatic carbocycles. The van der Waals surface area contributed by atoms with Crippen molar-refractivity contribution in [2.24, 2.45) is 0 Å². The number of ether oxygens (including phenoxy) is 3. The molecule has 0 saturated heterocycles. The second kappa shape index (κ2) is 61.2. The van der Waals surface area contributed by atoms with Crippen LogP contribution in [0.25, 0.3) is 0 Å². The molecule has 0 aliphatic rings. The minimum Gasteiger partial charge on any atom is -0.462 e. The minimum absolute atomic E-state index is 0.0856. The van der Waals surface area contributed by atoms with Crippen LogP contribution in [0, 0.1) is 0 Å². The summed E-state index contributed by atoms with van der Waals surface area (Å²) in [7, 11) is 0. The van der Waals surface area contributed by atoms with Gasteiger partial charge in [0.1, 0.15) is 6.61 Å². The highest BCUT2D eigenvalue weighted by atomic mass is 16.6. The van der Waals surface area contributed by atoms with E-state index < -0.39 is 6.10 Å². The van der Waals surface area contributed by atoms with E-state index in [1.807, 2.05) is 0 Å². The van der Waals surface area contributed by atoms with E-state index in [4.69, 9.17) is 14.2 Å². The zero-order valence-corrected chi connectivity index (χ0v) is 47.3. The molecule has 1 unspecified atom stereocenters. The van der Waals surface area contributed by atoms with Gasteiger partial charge >= 0.3 is 11.9 Å². The Kier molecular flexibility index (Phi) is 59.3. The second-order valence-electron chi connectivity index (χ2n) is 21.0. The predicted molar refractivity (Wildman–Crippen MR) is 307 cm³/mol. The summed E-state index contributed by atoms with van der Waals surface area (Å²) in [6, 6.07) is 0. The smallest absolute Gasteiger partial charge is 0.306 e. The van der Waals surface area contributed by atoms with E-state index in [-0.39, 0.29) is 25.2 Å². The Morgan fingerprint density at radius 3 is 0.971 bits per heavy atom. The molecule has 0 aromatic carbocycles. The number of rotatable bonds is 58. The third kappa shape index (κ3) is 58.4. The first-order valence-electron chi connectivity index (χ1n) is 31.2. The fourth-order valence-electron chi connectivity index (χ4n) is 9.16. The van der Waals surface area contributed by atoms with Gasteiger partial charge in [-0.15, -0.1) is 0 Å². The van der Waals surface area contributed by atoms with Gasteiger partial charge in [-0.25, -0.2) is 0 Å². The molecule has 0 bridgehead atoms. The summed E-state index contributed by atoms with van der Waals surface area (Å²) in [5, 5.41) is 0. The Bertz CT molecular complexity index is 1150. The van der Waals surface area contributed by atoms with E-state index in [1.165, 1.54) is 250 Å². The highest BCUT2D eigenvalue weighted by Gasteiger charge is 2.18. The highest BCUT2D eigenvalue weighted by molar-refractivity contribution is 5.70. The highest BCUT2D eigenvalue weighted by Crippen LogP contribution is 2.17. The van der Waals surface area contributed by atoms with Crippen LogP contribution in [0.15, 0.2) is 48.6 Å². The monoisotopic (exact) mass is 981 g/mol. The van der Waals surface area contributed by atoms with Gasteiger partial charge in [-0.2, -0.15) is 0 Å². The van der Waals surface area contributed by atoms with Crippen LogP contribution in [0.3, 0.4) is 0 Å². The van der Waals surface area contributed by atoms with Crippen LogP contribution in [-0.4, -0.2) is 37.9 Å². The van der Waals surface area contributed by atoms with Gasteiger partial charge in [-0.05, 0) is 83.5 Å². The van der Waals surface area contributed by atoms with Crippen molar-refractivity contribution in [3.8, 4) is 0 Å². The fraction of sp³-hybridized carbons (Fsp3) is 0.846. The molecule has 0 aliphatic heterocycles. The van der Waals surface area contributed by atoms with Crippen LogP contribution in [0.5, 0.6) is 0 Å². The minimum atomic E-state index is -0.538. The zero-order valence-electron chi connectivity index (χ0n) is 47.3. The zero-order chi connectivity index (χ0) is 50.6. The summed E-state index contributed by atoms with van der Waals surface area (Å²) >= 11 is 0. The lowest BCUT2D eigenvalue weighted by Crippen LogP contribution is -2.30. The molecule has 0 aromatic heterocycles. The summed E-state index contributed by atoms with van der Waals surface area (Å²) in [6.07, 6.45) is 77.1. The average molecular weight is 982 g/mol. The topological polar surface area (TPSA) is 61.8 Å². The van der Waals surface area contributed by atoms with Crippen LogP contribution in [0.2, 0.25) is 0 Å². The van der Waals surface area contributed by atoms with Gasteiger partial charge in [0.2, 0.25) is 0 Å². The third-order valence-corrected chi connectivity index (χ3v) is 13.8. The molecule has 0 radical (unpaired) electrons. The predicted octanol–water partition coefficient (Wildman–Crippen LogP) is 21.5. The lowest BCUT2D eigenvalue weighted by atomic mass is 10.0. The summed E-state index contributed by atoms with van der Waals surface area (Å²) in [5.41, 5.74) is 0. The van der Waals surface area contributed by atoms with E-state index in [1.54, 1.807) is 0 Å². The van der Waals surface area contributed by atoms with Crippen molar-refractivity contribution in [1.29, 1.82) is 0 Å². The first kappa shape index (κ1) is 67.9. The second-order valence-corrected chi connectivity index (χ2v) is 21.0. The number of esters is 2. The van der Waals surface area contributed by atoms with Gasteiger partial charge in [-0.1, -0.05) is 281 Å². The Hall–Kier alpha value is -2.14. The fourth-order valence-corrected chi connectivity index (χ4v) is 9.16. The largest absolute Gasteiger partial charge is 0.462 e. The summed E-state index contributed by atoms with van der Waals surface area (Å²) in [6.45, 7) is 7.84. The molecule has 0 aromatic rings. The normalized spacial score (nSPS) is 12.4. The molecule has 70 heavy (non-hydrogen) atoms. The summed E-state index contributed by atoms with van der Waals surface area (Å²) < 4.78 is 17.5. The van der Waals surface area contributed by atoms with E-state index in [2.05, 4.69) is 69.4 Å². The maximum Gasteiger partial charge on any atom is 0.306 e. The Balaban J connectivity index is 4.25. The molecule has 0 saturated carbocycles. The molecule has 0 N–H and O–H groups in total. The van der Waals surface area contributed by atoms with Gasteiger partial charge in [0.15, 0.2) is 6.10 Å². The molecule has 0 spiro atoms. The molecule has 0 heterocycles. The van der Waals surface area contributed by atoms with Crippen LogP contribution in [0.4, 0.5) is 0 Å². The third-order valence-electron chi connectivity index (χ3n) is 13.8. The Morgan fingerprint density at radius 2 is 0.600 bits per heavy atom. The van der Waals surface area contributed by atoms with Crippen molar-refractivity contribution in [1.82, 2.24) is 0 Å². The van der Waals surface area contributed by atoms with E-state index in [9.17, 15) is 9.59 Å². The molecule has 1 atom stereocenters. The van der Waals surface area contributed by atoms with Gasteiger partial charge in [0.05, 0.1) is 6.61 Å². The molecule has 0 rings (SSSR count). The molecule has 5 heteroatoms. The van der Waals surface area contributed by atoms with Crippen molar-refractivity contribution >= 4 is 11.9 Å². The Morgan fingerprint density at radius 1 is 0.314 bits per heavy atom. The van der Waals surface area contributed by atoms with E-state index >= 15 is 0 Å². The lowest BCUT2D eigenvalue weighted by Gasteiger charge is -2.18. The maximum atomic E-state index is 12.9. The van der Waals surface area contributed by atoms with Crippen molar-refractivity contribution in [2.45, 2.75) is 335 Å². The van der Waals surface area contributed by atoms with Gasteiger partial charge in [-0.3, -0.25) is 9.59 Å². The van der Waals surface area contributed by atoms with Gasteiger partial charge in [0.25, 0.3) is 0 Å². The summed E-state index contributed by atoms with van der Waals surface area (Å²) in [5.74, 6) is -0.387. The van der Waals surface area contributed by atoms with Crippen molar-refractivity contribution in [3.05, 3.63) is 48.6 Å². The van der Waals surface area contributed by atoms with Crippen LogP contribution < -0.4 is 0 Å². The molecular weight excluding hydrogens is 861 g/mol. The average Bonchev–Trinajstić information content (AvgIpc) is 3.36. The van der Waals surface area contributed by atoms with Crippen LogP contribution in [-0.2, 0) is 23.8 Å². The number of hydrogen-bond acceptors (Lipinski definition) is 5. The number of carbonyl (C=O) groups excluding carboxylic acids is 2. The molecule has 5 nitrogen and oxygen atoms in total. The molecule has 0 fully saturated rings. The quantitative estimate of drug-likeness (QED) is 0.0345. The summed E-state index contributed by atoms with van der Waals surface area (Å²) in [4.78, 5) is 25.6. The lowest BCUT2D eigenvalue weighted by molar-refractivity contribution is -0.163. The molecule has 410 valence electrons. The van der Waals surface area contributed by atoms with Crippen LogP contribution >= 0.6 is 0 Å². The number of allylic oxidation sites excluding steroid dienone is 8. The molecular formula is C65H120O5. The van der Waals surface area contributed by atoms with Crippen molar-refractivity contribution < 1.29 is 23.8 Å². The molecule has 0 amide bonds. The first-order chi connectivity index (χ1) is 34.6.